The number of aryl methyl sites for hydroxylation is 2. The summed E-state index contributed by atoms with van der Waals surface area (Å²) in [5.41, 5.74) is 3.13. The molecule has 1 aliphatic carbocycles. The highest BCUT2D eigenvalue weighted by Crippen LogP contribution is 2.26. The predicted molar refractivity (Wildman–Crippen MR) is 132 cm³/mol. The molecule has 0 bridgehead atoms. The van der Waals surface area contributed by atoms with Crippen LogP contribution < -0.4 is 10.0 Å². The summed E-state index contributed by atoms with van der Waals surface area (Å²) in [5, 5.41) is 3.13. The largest absolute Gasteiger partial charge is 0.349 e. The quantitative estimate of drug-likeness (QED) is 0.626. The molecule has 0 radical (unpaired) electrons. The maximum absolute atomic E-state index is 12.7. The molecule has 1 saturated carbocycles. The molecule has 4 rings (SSSR count). The SMILES string of the molecule is Cc1ccc(NS(=O)(=O)c2ccc(C(=O)NC3CCN(CC4CCCC4)CC3)cc2)cc1C. The van der Waals surface area contributed by atoms with Crippen LogP contribution >= 0.6 is 0 Å². The Balaban J connectivity index is 1.30. The van der Waals surface area contributed by atoms with Crippen LogP contribution in [0.5, 0.6) is 0 Å². The fourth-order valence-electron chi connectivity index (χ4n) is 4.89. The van der Waals surface area contributed by atoms with Gasteiger partial charge in [0.1, 0.15) is 0 Å². The van der Waals surface area contributed by atoms with Gasteiger partial charge in [0.2, 0.25) is 0 Å². The number of nitrogens with one attached hydrogen (secondary N) is 2. The van der Waals surface area contributed by atoms with E-state index in [-0.39, 0.29) is 16.8 Å². The van der Waals surface area contributed by atoms with Crippen molar-refractivity contribution in [1.29, 1.82) is 0 Å². The van der Waals surface area contributed by atoms with Gasteiger partial charge in [0.15, 0.2) is 0 Å². The molecule has 1 heterocycles. The molecule has 2 aliphatic rings. The molecule has 2 N–H and O–H groups in total. The van der Waals surface area contributed by atoms with Crippen molar-refractivity contribution in [3.05, 3.63) is 59.2 Å². The number of anilines is 1. The molecule has 7 heteroatoms. The van der Waals surface area contributed by atoms with E-state index in [9.17, 15) is 13.2 Å². The van der Waals surface area contributed by atoms with Crippen molar-refractivity contribution in [2.24, 2.45) is 5.92 Å². The van der Waals surface area contributed by atoms with E-state index in [1.165, 1.54) is 44.4 Å². The highest BCUT2D eigenvalue weighted by molar-refractivity contribution is 7.92. The molecule has 0 aromatic heterocycles. The Morgan fingerprint density at radius 3 is 2.24 bits per heavy atom. The van der Waals surface area contributed by atoms with E-state index in [2.05, 4.69) is 14.9 Å². The van der Waals surface area contributed by atoms with Crippen LogP contribution in [-0.2, 0) is 10.0 Å². The summed E-state index contributed by atoms with van der Waals surface area (Å²) in [6, 6.07) is 11.8. The number of sulfonamides is 1. The van der Waals surface area contributed by atoms with Crippen LogP contribution in [-0.4, -0.2) is 44.9 Å². The molecule has 1 saturated heterocycles. The molecule has 1 aliphatic heterocycles. The van der Waals surface area contributed by atoms with Crippen LogP contribution in [0, 0.1) is 19.8 Å². The van der Waals surface area contributed by atoms with Gasteiger partial charge < -0.3 is 10.2 Å². The summed E-state index contributed by atoms with van der Waals surface area (Å²) >= 11 is 0. The van der Waals surface area contributed by atoms with Gasteiger partial charge in [-0.25, -0.2) is 8.42 Å². The van der Waals surface area contributed by atoms with Crippen LogP contribution in [0.3, 0.4) is 0 Å². The minimum absolute atomic E-state index is 0.137. The summed E-state index contributed by atoms with van der Waals surface area (Å²) in [7, 11) is -3.72. The fourth-order valence-corrected chi connectivity index (χ4v) is 5.94. The molecule has 1 amide bonds. The number of piperidine rings is 1. The van der Waals surface area contributed by atoms with Crippen molar-refractivity contribution < 1.29 is 13.2 Å². The summed E-state index contributed by atoms with van der Waals surface area (Å²) in [6.07, 6.45) is 7.40. The van der Waals surface area contributed by atoms with Crippen LogP contribution in [0.15, 0.2) is 47.4 Å². The summed E-state index contributed by atoms with van der Waals surface area (Å²) in [6.45, 7) is 7.19. The van der Waals surface area contributed by atoms with Gasteiger partial charge >= 0.3 is 0 Å². The highest BCUT2D eigenvalue weighted by Gasteiger charge is 2.24. The summed E-state index contributed by atoms with van der Waals surface area (Å²) in [4.78, 5) is 15.4. The van der Waals surface area contributed by atoms with Crippen LogP contribution in [0.4, 0.5) is 5.69 Å². The minimum atomic E-state index is -3.72. The van der Waals surface area contributed by atoms with E-state index in [1.807, 2.05) is 26.0 Å². The smallest absolute Gasteiger partial charge is 0.261 e. The maximum atomic E-state index is 12.7. The third-order valence-electron chi connectivity index (χ3n) is 7.10. The first-order valence-corrected chi connectivity index (χ1v) is 13.5. The molecule has 2 aromatic carbocycles. The Kier molecular flexibility index (Phi) is 7.39. The predicted octanol–water partition coefficient (Wildman–Crippen LogP) is 4.49. The lowest BCUT2D eigenvalue weighted by atomic mass is 10.0. The number of amides is 1. The molecule has 0 spiro atoms. The van der Waals surface area contributed by atoms with Crippen LogP contribution in [0.1, 0.15) is 60.0 Å². The van der Waals surface area contributed by atoms with E-state index in [4.69, 9.17) is 0 Å². The molecule has 33 heavy (non-hydrogen) atoms. The molecule has 6 nitrogen and oxygen atoms in total. The zero-order chi connectivity index (χ0) is 23.4. The van der Waals surface area contributed by atoms with Gasteiger partial charge in [0, 0.05) is 36.9 Å². The number of carbonyl (C=O) groups is 1. The second-order valence-corrected chi connectivity index (χ2v) is 11.3. The van der Waals surface area contributed by atoms with Gasteiger partial charge in [-0.2, -0.15) is 0 Å². The number of carbonyl (C=O) groups excluding carboxylic acids is 1. The van der Waals surface area contributed by atoms with Gasteiger partial charge in [-0.3, -0.25) is 9.52 Å². The Hall–Kier alpha value is -2.38. The number of rotatable bonds is 7. The van der Waals surface area contributed by atoms with Gasteiger partial charge in [0.05, 0.1) is 4.90 Å². The van der Waals surface area contributed by atoms with Gasteiger partial charge in [-0.1, -0.05) is 18.9 Å². The number of hydrogen-bond donors (Lipinski definition) is 2. The molecular formula is C26H35N3O3S. The Bertz CT molecular complexity index is 1070. The second-order valence-electron chi connectivity index (χ2n) is 9.63. The summed E-state index contributed by atoms with van der Waals surface area (Å²) < 4.78 is 28.1. The first kappa shape index (κ1) is 23.8. The first-order valence-electron chi connectivity index (χ1n) is 12.0. The maximum Gasteiger partial charge on any atom is 0.261 e. The van der Waals surface area contributed by atoms with Crippen LogP contribution in [0.2, 0.25) is 0 Å². The number of likely N-dealkylation sites (tertiary alicyclic amines) is 1. The van der Waals surface area contributed by atoms with Crippen molar-refractivity contribution in [3.8, 4) is 0 Å². The second kappa shape index (κ2) is 10.3. The van der Waals surface area contributed by atoms with Crippen LogP contribution in [0.25, 0.3) is 0 Å². The molecule has 2 fully saturated rings. The van der Waals surface area contributed by atoms with Crippen molar-refractivity contribution in [1.82, 2.24) is 10.2 Å². The van der Waals surface area contributed by atoms with Crippen molar-refractivity contribution >= 4 is 21.6 Å². The lowest BCUT2D eigenvalue weighted by Crippen LogP contribution is -2.45. The van der Waals surface area contributed by atoms with Gasteiger partial charge in [0.25, 0.3) is 15.9 Å². The van der Waals surface area contributed by atoms with Crippen molar-refractivity contribution in [2.45, 2.75) is 63.3 Å². The zero-order valence-electron chi connectivity index (χ0n) is 19.6. The standard InChI is InChI=1S/C26H35N3O3S/c1-19-7-10-24(17-20(19)2)28-33(31,32)25-11-8-22(9-12-25)26(30)27-23-13-15-29(16-14-23)18-21-5-3-4-6-21/h7-12,17,21,23,28H,3-6,13-16,18H2,1-2H3,(H,27,30). The number of hydrogen-bond acceptors (Lipinski definition) is 4. The summed E-state index contributed by atoms with van der Waals surface area (Å²) in [5.74, 6) is 0.714. The van der Waals surface area contributed by atoms with E-state index in [0.29, 0.717) is 11.3 Å². The minimum Gasteiger partial charge on any atom is -0.349 e. The lowest BCUT2D eigenvalue weighted by Gasteiger charge is -2.33. The van der Waals surface area contributed by atoms with Crippen molar-refractivity contribution in [2.75, 3.05) is 24.4 Å². The normalized spacial score (nSPS) is 18.4. The number of nitrogens with zero attached hydrogens (tertiary/aromatic N) is 1. The monoisotopic (exact) mass is 469 g/mol. The van der Waals surface area contributed by atoms with E-state index in [1.54, 1.807) is 18.2 Å². The average Bonchev–Trinajstić information content (AvgIpc) is 3.31. The zero-order valence-corrected chi connectivity index (χ0v) is 20.5. The topological polar surface area (TPSA) is 78.5 Å². The lowest BCUT2D eigenvalue weighted by molar-refractivity contribution is 0.0905. The molecule has 2 aromatic rings. The third-order valence-corrected chi connectivity index (χ3v) is 8.50. The van der Waals surface area contributed by atoms with Gasteiger partial charge in [-0.05, 0) is 93.0 Å². The first-order chi connectivity index (χ1) is 15.8. The van der Waals surface area contributed by atoms with E-state index < -0.39 is 10.0 Å². The highest BCUT2D eigenvalue weighted by atomic mass is 32.2. The Labute approximate surface area is 197 Å². The van der Waals surface area contributed by atoms with E-state index in [0.717, 1.165) is 43.0 Å². The van der Waals surface area contributed by atoms with Gasteiger partial charge in [-0.15, -0.1) is 0 Å². The third kappa shape index (κ3) is 6.15. The number of benzene rings is 2. The molecule has 0 atom stereocenters. The molecule has 178 valence electrons. The fraction of sp³-hybridized carbons (Fsp3) is 0.500. The van der Waals surface area contributed by atoms with Crippen molar-refractivity contribution in [3.63, 3.8) is 0 Å². The van der Waals surface area contributed by atoms with E-state index >= 15 is 0 Å². The Morgan fingerprint density at radius 2 is 1.61 bits per heavy atom. The Morgan fingerprint density at radius 1 is 0.939 bits per heavy atom. The average molecular weight is 470 g/mol. The molecule has 0 unspecified atom stereocenters. The molecular weight excluding hydrogens is 434 g/mol.